The zero-order valence-corrected chi connectivity index (χ0v) is 42.3. The van der Waals surface area contributed by atoms with Crippen LogP contribution >= 0.6 is 7.26 Å². The van der Waals surface area contributed by atoms with Gasteiger partial charge in [0, 0.05) is 0 Å². The summed E-state index contributed by atoms with van der Waals surface area (Å²) < 4.78 is 12.6. The fourth-order valence-corrected chi connectivity index (χ4v) is 15.7. The molecule has 1 aliphatic heterocycles. The van der Waals surface area contributed by atoms with Crippen LogP contribution in [0.2, 0.25) is 0 Å². The molecule has 2 nitrogen and oxygen atoms in total. The van der Waals surface area contributed by atoms with E-state index in [-0.39, 0.29) is 0 Å². The average Bonchev–Trinajstić information content (AvgIpc) is 4.04. The molecule has 0 saturated carbocycles. The zero-order chi connectivity index (χ0) is 47.0. The molecule has 0 aliphatic carbocycles. The molecule has 335 valence electrons. The Morgan fingerprint density at radius 3 is 1.35 bits per heavy atom. The van der Waals surface area contributed by atoms with Crippen molar-refractivity contribution in [3.8, 4) is 54.8 Å². The second-order valence-electron chi connectivity index (χ2n) is 17.1. The number of benzene rings is 8. The summed E-state index contributed by atoms with van der Waals surface area (Å²) in [5, 5.41) is 5.04. The molecule has 69 heavy (non-hydrogen) atoms. The Kier molecular flexibility index (Phi) is 13.9. The summed E-state index contributed by atoms with van der Waals surface area (Å²) in [4.78, 5) is 0. The molecule has 0 spiro atoms. The van der Waals surface area contributed by atoms with Gasteiger partial charge in [0.1, 0.15) is 0 Å². The summed E-state index contributed by atoms with van der Waals surface area (Å²) in [5.74, 6) is 0. The molecule has 0 N–H and O–H groups in total. The maximum atomic E-state index is 6.17. The van der Waals surface area contributed by atoms with Gasteiger partial charge in [-0.05, 0) is 12.5 Å². The minimum atomic E-state index is -2.55. The van der Waals surface area contributed by atoms with Crippen molar-refractivity contribution in [2.24, 2.45) is 0 Å². The number of para-hydroxylation sites is 1. The van der Waals surface area contributed by atoms with E-state index >= 15 is 0 Å². The Bertz CT molecular complexity index is 3270. The van der Waals surface area contributed by atoms with Crippen molar-refractivity contribution in [1.29, 1.82) is 0 Å². The topological polar surface area (TPSA) is 14.2 Å². The van der Waals surface area contributed by atoms with Crippen LogP contribution in [-0.2, 0) is 22.7 Å². The molecule has 10 rings (SSSR count). The molecule has 2 heterocycles. The molecular weight excluding hydrogens is 1030 g/mol. The summed E-state index contributed by atoms with van der Waals surface area (Å²) >= 11 is 1.83. The van der Waals surface area contributed by atoms with Gasteiger partial charge in [-0.2, -0.15) is 0 Å². The maximum absolute atomic E-state index is 6.17. The van der Waals surface area contributed by atoms with Gasteiger partial charge in [0.15, 0.2) is 0 Å². The standard InChI is InChI=1S/C65H52NOP.Os/c1-4-24-49-37-39-54(40-38-49)64-62(52-25-12-6-13-26-52)63(53-27-14-7-15-28-53)65(66(64)57-29-16-8-17-30-57)55-43-41-51(42-44-55)61(45-56-47-67-46-50(56)5-2)48(3)68(58-31-18-9-19-32-58,59-33-20-10-21-34-59)60-35-22-11-23-36-60;/h4-45H,46-47H2,1-2H3;/q+1;/b24-4+,50-5?,56-45?,61-48?;. The van der Waals surface area contributed by atoms with Gasteiger partial charge in [-0.1, -0.05) is 54.6 Å². The normalized spacial score (nSPS) is 14.3. The zero-order valence-electron chi connectivity index (χ0n) is 38.8. The van der Waals surface area contributed by atoms with Crippen LogP contribution in [-0.4, -0.2) is 17.8 Å². The fraction of sp³-hybridized carbons (Fsp3) is 0.0615. The minimum absolute atomic E-state index is 0.555. The van der Waals surface area contributed by atoms with Crippen LogP contribution in [0.15, 0.2) is 265 Å². The Balaban J connectivity index is 1.30. The summed E-state index contributed by atoms with van der Waals surface area (Å²) in [6.07, 6.45) is 8.86. The first-order valence-electron chi connectivity index (χ1n) is 23.5. The Morgan fingerprint density at radius 2 is 0.913 bits per heavy atom. The molecule has 1 aliphatic rings. The first-order valence-corrected chi connectivity index (χ1v) is 26.6. The summed E-state index contributed by atoms with van der Waals surface area (Å²) in [6.45, 7) is 5.34. The first kappa shape index (κ1) is 45.6. The van der Waals surface area contributed by atoms with Gasteiger partial charge in [0.05, 0.1) is 0 Å². The van der Waals surface area contributed by atoms with E-state index in [0.29, 0.717) is 13.2 Å². The predicted octanol–water partition coefficient (Wildman–Crippen LogP) is 15.3. The number of nitrogens with zero attached hydrogens (tertiary/aromatic N) is 1. The predicted molar refractivity (Wildman–Crippen MR) is 291 cm³/mol. The number of hydrogen-bond donors (Lipinski definition) is 0. The third-order valence-electron chi connectivity index (χ3n) is 13.0. The second kappa shape index (κ2) is 21.0. The molecule has 0 amide bonds. The van der Waals surface area contributed by atoms with E-state index in [0.717, 1.165) is 50.5 Å². The van der Waals surface area contributed by atoms with Crippen molar-refractivity contribution in [1.82, 2.24) is 4.57 Å². The van der Waals surface area contributed by atoms with Gasteiger partial charge in [-0.3, -0.25) is 0 Å². The molecule has 4 heteroatoms. The van der Waals surface area contributed by atoms with Crippen molar-refractivity contribution < 1.29 is 22.7 Å². The van der Waals surface area contributed by atoms with Crippen LogP contribution < -0.4 is 15.9 Å². The van der Waals surface area contributed by atoms with E-state index < -0.39 is 7.26 Å². The van der Waals surface area contributed by atoms with E-state index in [2.05, 4.69) is 278 Å². The van der Waals surface area contributed by atoms with Gasteiger partial charge in [0.25, 0.3) is 0 Å². The molecule has 1 aromatic heterocycles. The Labute approximate surface area is 417 Å². The molecule has 1 saturated heterocycles. The van der Waals surface area contributed by atoms with E-state index in [1.807, 2.05) is 17.9 Å². The Morgan fingerprint density at radius 1 is 0.493 bits per heavy atom. The number of allylic oxidation sites excluding steroid dienone is 5. The van der Waals surface area contributed by atoms with Crippen molar-refractivity contribution in [2.45, 2.75) is 13.8 Å². The molecule has 9 aromatic rings. The molecule has 0 radical (unpaired) electrons. The van der Waals surface area contributed by atoms with Gasteiger partial charge in [-0.15, -0.1) is 0 Å². The number of ether oxygens (including phenoxy) is 1. The van der Waals surface area contributed by atoms with Crippen LogP contribution in [0.5, 0.6) is 0 Å². The third-order valence-corrected chi connectivity index (χ3v) is 18.4. The van der Waals surface area contributed by atoms with Crippen LogP contribution in [0.25, 0.3) is 62.1 Å². The van der Waals surface area contributed by atoms with Gasteiger partial charge < -0.3 is 0 Å². The van der Waals surface area contributed by atoms with Crippen LogP contribution in [0, 0.1) is 4.37 Å². The van der Waals surface area contributed by atoms with E-state index in [1.54, 1.807) is 0 Å². The van der Waals surface area contributed by atoms with Gasteiger partial charge >= 0.3 is 353 Å². The van der Waals surface area contributed by atoms with Crippen molar-refractivity contribution in [3.05, 3.63) is 276 Å². The fourth-order valence-electron chi connectivity index (χ4n) is 9.88. The number of hydrogen-bond acceptors (Lipinski definition) is 1. The quantitative estimate of drug-likeness (QED) is 0.111. The molecule has 0 atom stereocenters. The molecule has 0 unspecified atom stereocenters. The summed E-state index contributed by atoms with van der Waals surface area (Å²) in [5.41, 5.74) is 16.2. The van der Waals surface area contributed by atoms with E-state index in [9.17, 15) is 0 Å². The SMILES string of the molecule is CC=C1COCC1=CC(=C([C]#[Os])[P+](c1ccccc1)(c1ccccc1)c1ccccc1)c1ccc(-c2c(-c3ccccc3)c(-c3ccccc3)c(-c3ccc(/C=C/C)cc3)n2-c2ccccc2)cc1. The third kappa shape index (κ3) is 8.89. The van der Waals surface area contributed by atoms with Crippen molar-refractivity contribution in [2.75, 3.05) is 13.2 Å². The molecular formula is C65H52NOOsP+. The van der Waals surface area contributed by atoms with Crippen LogP contribution in [0.1, 0.15) is 25.0 Å². The number of rotatable bonds is 12. The van der Waals surface area contributed by atoms with Gasteiger partial charge in [0.2, 0.25) is 0 Å². The van der Waals surface area contributed by atoms with Gasteiger partial charge in [-0.25, -0.2) is 0 Å². The molecule has 0 bridgehead atoms. The van der Waals surface area contributed by atoms with Crippen LogP contribution in [0.3, 0.4) is 0 Å². The van der Waals surface area contributed by atoms with E-state index in [4.69, 9.17) is 4.74 Å². The average molecular weight is 1080 g/mol. The van der Waals surface area contributed by atoms with Crippen molar-refractivity contribution >= 4 is 34.8 Å². The molecule has 1 fully saturated rings. The van der Waals surface area contributed by atoms with Crippen molar-refractivity contribution in [3.63, 3.8) is 0 Å². The number of aromatic nitrogens is 1. The second-order valence-corrected chi connectivity index (χ2v) is 21.0. The summed E-state index contributed by atoms with van der Waals surface area (Å²) in [7, 11) is -2.55. The first-order chi connectivity index (χ1) is 34.1. The molecule has 8 aromatic carbocycles. The summed E-state index contributed by atoms with van der Waals surface area (Å²) in [6, 6.07) is 84.4. The van der Waals surface area contributed by atoms with Crippen LogP contribution in [0.4, 0.5) is 0 Å². The monoisotopic (exact) mass is 1090 g/mol. The Hall–Kier alpha value is -7.19. The van der Waals surface area contributed by atoms with E-state index in [1.165, 1.54) is 49.1 Å².